The first-order chi connectivity index (χ1) is 18.4. The van der Waals surface area contributed by atoms with Gasteiger partial charge in [0, 0.05) is 22.6 Å². The molecule has 1 fully saturated rings. The molecule has 1 unspecified atom stereocenters. The van der Waals surface area contributed by atoms with Crippen molar-refractivity contribution in [1.82, 2.24) is 0 Å². The van der Waals surface area contributed by atoms with Gasteiger partial charge in [0.1, 0.15) is 23.3 Å². The number of aliphatic hydroxyl groups excluding tert-OH is 1. The molecule has 3 aromatic carbocycles. The van der Waals surface area contributed by atoms with Crippen LogP contribution in [0, 0.1) is 5.92 Å². The van der Waals surface area contributed by atoms with Crippen LogP contribution in [0.15, 0.2) is 107 Å². The van der Waals surface area contributed by atoms with Gasteiger partial charge < -0.3 is 19.6 Å². The second-order valence-corrected chi connectivity index (χ2v) is 9.46. The number of para-hydroxylation sites is 1. The number of carbonyl (C=O) groups excluding carboxylic acids is 2. The monoisotopic (exact) mass is 508 g/mol. The maximum Gasteiger partial charge on any atom is 0.300 e. The average molecular weight is 509 g/mol. The fourth-order valence-corrected chi connectivity index (χ4v) is 4.36. The van der Waals surface area contributed by atoms with Crippen molar-refractivity contribution >= 4 is 34.5 Å². The number of ether oxygens (including phenoxy) is 1. The maximum atomic E-state index is 13.3. The van der Waals surface area contributed by atoms with Crippen LogP contribution >= 0.6 is 0 Å². The third kappa shape index (κ3) is 5.04. The Morgan fingerprint density at radius 1 is 0.947 bits per heavy atom. The molecule has 192 valence electrons. The molecular formula is C31H28N2O5. The number of nitrogens with one attached hydrogen (secondary N) is 1. The number of hydrogen-bond donors (Lipinski definition) is 2. The van der Waals surface area contributed by atoms with E-state index in [0.29, 0.717) is 35.3 Å². The molecule has 4 aromatic rings. The van der Waals surface area contributed by atoms with E-state index in [4.69, 9.17) is 9.15 Å². The van der Waals surface area contributed by atoms with E-state index in [-0.39, 0.29) is 11.3 Å². The van der Waals surface area contributed by atoms with Crippen molar-refractivity contribution in [3.8, 4) is 5.75 Å². The number of nitrogens with zero attached hydrogens (tertiary/aromatic N) is 1. The van der Waals surface area contributed by atoms with Crippen LogP contribution in [0.3, 0.4) is 0 Å². The van der Waals surface area contributed by atoms with Crippen molar-refractivity contribution in [2.45, 2.75) is 19.9 Å². The van der Waals surface area contributed by atoms with Gasteiger partial charge in [-0.1, -0.05) is 44.2 Å². The number of furan rings is 1. The number of Topliss-reactive ketones (excluding diaryl/α,β-unsaturated/α-hetero) is 1. The highest BCUT2D eigenvalue weighted by molar-refractivity contribution is 6.51. The Hall–Kier alpha value is -4.78. The molecule has 0 aliphatic carbocycles. The molecule has 1 aliphatic rings. The van der Waals surface area contributed by atoms with E-state index in [1.165, 1.54) is 11.2 Å². The summed E-state index contributed by atoms with van der Waals surface area (Å²) >= 11 is 0. The summed E-state index contributed by atoms with van der Waals surface area (Å²) in [6.45, 7) is 4.59. The molecule has 0 radical (unpaired) electrons. The van der Waals surface area contributed by atoms with Gasteiger partial charge in [0.15, 0.2) is 0 Å². The van der Waals surface area contributed by atoms with Crippen molar-refractivity contribution < 1.29 is 23.8 Å². The van der Waals surface area contributed by atoms with Gasteiger partial charge in [-0.05, 0) is 66.6 Å². The van der Waals surface area contributed by atoms with Crippen LogP contribution in [0.1, 0.15) is 31.2 Å². The number of ketones is 1. The van der Waals surface area contributed by atoms with Gasteiger partial charge in [-0.3, -0.25) is 14.5 Å². The lowest BCUT2D eigenvalue weighted by molar-refractivity contribution is -0.132. The predicted octanol–water partition coefficient (Wildman–Crippen LogP) is 6.68. The van der Waals surface area contributed by atoms with E-state index < -0.39 is 17.7 Å². The molecule has 38 heavy (non-hydrogen) atoms. The van der Waals surface area contributed by atoms with Crippen LogP contribution < -0.4 is 15.0 Å². The number of carbonyl (C=O) groups is 2. The smallest absolute Gasteiger partial charge is 0.300 e. The van der Waals surface area contributed by atoms with Crippen molar-refractivity contribution in [2.24, 2.45) is 5.92 Å². The molecule has 1 saturated heterocycles. The average Bonchev–Trinajstić information content (AvgIpc) is 3.55. The van der Waals surface area contributed by atoms with Gasteiger partial charge in [-0.15, -0.1) is 0 Å². The highest BCUT2D eigenvalue weighted by Crippen LogP contribution is 2.42. The van der Waals surface area contributed by atoms with Gasteiger partial charge in [-0.25, -0.2) is 0 Å². The van der Waals surface area contributed by atoms with Gasteiger partial charge >= 0.3 is 0 Å². The first-order valence-corrected chi connectivity index (χ1v) is 12.4. The molecule has 1 aromatic heterocycles. The Bertz CT molecular complexity index is 1460. The number of amides is 1. The Kier molecular flexibility index (Phi) is 7.00. The lowest BCUT2D eigenvalue weighted by Gasteiger charge is -2.23. The second kappa shape index (κ2) is 10.7. The normalized spacial score (nSPS) is 16.7. The molecule has 5 rings (SSSR count). The number of aliphatic hydroxyl groups is 1. The fourth-order valence-electron chi connectivity index (χ4n) is 4.36. The number of rotatable bonds is 8. The number of benzene rings is 3. The number of anilines is 3. The lowest BCUT2D eigenvalue weighted by Crippen LogP contribution is -2.29. The third-order valence-electron chi connectivity index (χ3n) is 6.16. The minimum absolute atomic E-state index is 0.0440. The van der Waals surface area contributed by atoms with E-state index in [9.17, 15) is 14.7 Å². The van der Waals surface area contributed by atoms with Crippen LogP contribution in [0.25, 0.3) is 5.76 Å². The molecule has 1 aliphatic heterocycles. The summed E-state index contributed by atoms with van der Waals surface area (Å²) in [4.78, 5) is 28.0. The molecule has 0 spiro atoms. The van der Waals surface area contributed by atoms with Crippen molar-refractivity contribution in [1.29, 1.82) is 0 Å². The van der Waals surface area contributed by atoms with Gasteiger partial charge in [0.25, 0.3) is 11.7 Å². The van der Waals surface area contributed by atoms with Crippen LogP contribution in [-0.2, 0) is 9.59 Å². The third-order valence-corrected chi connectivity index (χ3v) is 6.16. The van der Waals surface area contributed by atoms with Crippen LogP contribution in [0.2, 0.25) is 0 Å². The highest BCUT2D eigenvalue weighted by Gasteiger charge is 2.48. The Labute approximate surface area is 221 Å². The molecule has 7 nitrogen and oxygen atoms in total. The van der Waals surface area contributed by atoms with Gasteiger partial charge in [0.05, 0.1) is 18.4 Å². The van der Waals surface area contributed by atoms with Gasteiger partial charge in [-0.2, -0.15) is 0 Å². The Morgan fingerprint density at radius 3 is 2.37 bits per heavy atom. The summed E-state index contributed by atoms with van der Waals surface area (Å²) in [5.41, 5.74) is 2.58. The zero-order valence-electron chi connectivity index (χ0n) is 21.1. The standard InChI is InChI=1S/C31H28N2O5/c1-20(2)19-38-25-11-6-8-21(18-25)29(34)27-28(26-12-7-17-37-26)33(31(36)30(27)35)24-15-13-23(14-16-24)32-22-9-4-3-5-10-22/h3-18,20,28,32,34H,19H2,1-2H3/b29-27-. The molecule has 2 N–H and O–H groups in total. The summed E-state index contributed by atoms with van der Waals surface area (Å²) in [5.74, 6) is -0.569. The van der Waals surface area contributed by atoms with E-state index in [0.717, 1.165) is 11.4 Å². The molecule has 1 atom stereocenters. The largest absolute Gasteiger partial charge is 0.507 e. The molecule has 0 saturated carbocycles. The van der Waals surface area contributed by atoms with Crippen LogP contribution in [-0.4, -0.2) is 23.4 Å². The molecular weight excluding hydrogens is 480 g/mol. The first-order valence-electron chi connectivity index (χ1n) is 12.4. The minimum Gasteiger partial charge on any atom is -0.507 e. The lowest BCUT2D eigenvalue weighted by atomic mass is 9.99. The fraction of sp³-hybridized carbons (Fsp3) is 0.161. The van der Waals surface area contributed by atoms with E-state index in [1.807, 2.05) is 56.3 Å². The molecule has 2 heterocycles. The number of hydrogen-bond acceptors (Lipinski definition) is 6. The zero-order chi connectivity index (χ0) is 26.6. The topological polar surface area (TPSA) is 92.0 Å². The quantitative estimate of drug-likeness (QED) is 0.157. The Balaban J connectivity index is 1.52. The van der Waals surface area contributed by atoms with Crippen LogP contribution in [0.5, 0.6) is 5.75 Å². The van der Waals surface area contributed by atoms with Crippen LogP contribution in [0.4, 0.5) is 17.1 Å². The first kappa shape index (κ1) is 24.9. The van der Waals surface area contributed by atoms with E-state index in [2.05, 4.69) is 5.32 Å². The van der Waals surface area contributed by atoms with Crippen molar-refractivity contribution in [3.05, 3.63) is 114 Å². The zero-order valence-corrected chi connectivity index (χ0v) is 21.1. The van der Waals surface area contributed by atoms with Crippen molar-refractivity contribution in [3.63, 3.8) is 0 Å². The predicted molar refractivity (Wildman–Crippen MR) is 146 cm³/mol. The maximum absolute atomic E-state index is 13.3. The second-order valence-electron chi connectivity index (χ2n) is 9.46. The highest BCUT2D eigenvalue weighted by atomic mass is 16.5. The molecule has 1 amide bonds. The van der Waals surface area contributed by atoms with E-state index >= 15 is 0 Å². The SMILES string of the molecule is CC(C)COc1cccc(/C(O)=C2/C(=O)C(=O)N(c3ccc(Nc4ccccc4)cc3)C2c2ccco2)c1. The summed E-state index contributed by atoms with van der Waals surface area (Å²) in [6.07, 6.45) is 1.47. The van der Waals surface area contributed by atoms with E-state index in [1.54, 1.807) is 48.5 Å². The molecule has 7 heteroatoms. The summed E-state index contributed by atoms with van der Waals surface area (Å²) in [7, 11) is 0. The Morgan fingerprint density at radius 2 is 1.68 bits per heavy atom. The minimum atomic E-state index is -0.932. The van der Waals surface area contributed by atoms with Gasteiger partial charge in [0.2, 0.25) is 0 Å². The summed E-state index contributed by atoms with van der Waals surface area (Å²) in [5, 5.41) is 14.6. The molecule has 0 bridgehead atoms. The summed E-state index contributed by atoms with van der Waals surface area (Å²) < 4.78 is 11.4. The summed E-state index contributed by atoms with van der Waals surface area (Å²) in [6, 6.07) is 26.2. The van der Waals surface area contributed by atoms with Crippen molar-refractivity contribution in [2.75, 3.05) is 16.8 Å².